The predicted octanol–water partition coefficient (Wildman–Crippen LogP) is 4.70. The van der Waals surface area contributed by atoms with E-state index in [1.165, 1.54) is 30.5 Å². The smallest absolute Gasteiger partial charge is 0.406 e. The van der Waals surface area contributed by atoms with Gasteiger partial charge in [0.25, 0.3) is 5.91 Å². The van der Waals surface area contributed by atoms with Crippen LogP contribution in [0.15, 0.2) is 72.9 Å². The number of anilines is 2. The quantitative estimate of drug-likeness (QED) is 0.603. The van der Waals surface area contributed by atoms with E-state index in [2.05, 4.69) is 20.4 Å². The molecule has 1 heterocycles. The van der Waals surface area contributed by atoms with Crippen LogP contribution in [0, 0.1) is 0 Å². The first-order chi connectivity index (χ1) is 13.9. The molecule has 0 spiro atoms. The minimum Gasteiger partial charge on any atom is -0.406 e. The van der Waals surface area contributed by atoms with Crippen molar-refractivity contribution >= 4 is 17.4 Å². The fourth-order valence-corrected chi connectivity index (χ4v) is 2.63. The molecule has 1 amide bonds. The fourth-order valence-electron chi connectivity index (χ4n) is 2.63. The first-order valence-electron chi connectivity index (χ1n) is 8.81. The first-order valence-corrected chi connectivity index (χ1v) is 8.81. The summed E-state index contributed by atoms with van der Waals surface area (Å²) in [5.74, 6) is -0.328. The molecule has 0 fully saturated rings. The molecule has 0 atom stereocenters. The second kappa shape index (κ2) is 9.09. The van der Waals surface area contributed by atoms with Crippen LogP contribution in [0.3, 0.4) is 0 Å². The van der Waals surface area contributed by atoms with E-state index in [1.54, 1.807) is 12.1 Å². The topological polar surface area (TPSA) is 63.2 Å². The van der Waals surface area contributed by atoms with Crippen LogP contribution in [-0.2, 0) is 6.42 Å². The zero-order chi connectivity index (χ0) is 20.7. The minimum atomic E-state index is -4.75. The van der Waals surface area contributed by atoms with Crippen molar-refractivity contribution in [3.8, 4) is 5.75 Å². The number of nitrogens with one attached hydrogen (secondary N) is 2. The molecule has 5 nitrogen and oxygen atoms in total. The van der Waals surface area contributed by atoms with Crippen molar-refractivity contribution in [1.82, 2.24) is 10.3 Å². The molecule has 0 saturated heterocycles. The van der Waals surface area contributed by atoms with Crippen molar-refractivity contribution < 1.29 is 22.7 Å². The second-order valence-corrected chi connectivity index (χ2v) is 6.09. The van der Waals surface area contributed by atoms with E-state index in [0.717, 1.165) is 5.56 Å². The Hall–Kier alpha value is -3.55. The lowest BCUT2D eigenvalue weighted by Crippen LogP contribution is -2.26. The third kappa shape index (κ3) is 6.24. The van der Waals surface area contributed by atoms with Gasteiger partial charge in [0.15, 0.2) is 0 Å². The van der Waals surface area contributed by atoms with Gasteiger partial charge in [0, 0.05) is 18.4 Å². The lowest BCUT2D eigenvalue weighted by atomic mass is 10.1. The van der Waals surface area contributed by atoms with Gasteiger partial charge in [-0.1, -0.05) is 30.3 Å². The van der Waals surface area contributed by atoms with Gasteiger partial charge in [0.1, 0.15) is 11.6 Å². The molecule has 0 unspecified atom stereocenters. The number of halogens is 3. The summed E-state index contributed by atoms with van der Waals surface area (Å²) in [5, 5.41) is 5.79. The maximum Gasteiger partial charge on any atom is 0.573 e. The summed E-state index contributed by atoms with van der Waals surface area (Å²) in [6.45, 7) is 0.459. The van der Waals surface area contributed by atoms with Gasteiger partial charge in [0.05, 0.1) is 5.56 Å². The Balaban J connectivity index is 1.63. The Kier molecular flexibility index (Phi) is 6.33. The average molecular weight is 401 g/mol. The average Bonchev–Trinajstić information content (AvgIpc) is 2.69. The van der Waals surface area contributed by atoms with Crippen LogP contribution in [0.1, 0.15) is 15.9 Å². The number of amides is 1. The molecule has 0 aliphatic heterocycles. The van der Waals surface area contributed by atoms with Gasteiger partial charge >= 0.3 is 6.36 Å². The number of benzene rings is 2. The lowest BCUT2D eigenvalue weighted by Gasteiger charge is -2.12. The molecule has 0 aliphatic rings. The summed E-state index contributed by atoms with van der Waals surface area (Å²) in [6.07, 6.45) is -2.54. The van der Waals surface area contributed by atoms with E-state index in [9.17, 15) is 18.0 Å². The number of pyridine rings is 1. The van der Waals surface area contributed by atoms with E-state index in [0.29, 0.717) is 30.0 Å². The minimum absolute atomic E-state index is 0.298. The van der Waals surface area contributed by atoms with E-state index >= 15 is 0 Å². The number of hydrogen-bond acceptors (Lipinski definition) is 4. The number of rotatable bonds is 7. The Morgan fingerprint density at radius 3 is 2.38 bits per heavy atom. The summed E-state index contributed by atoms with van der Waals surface area (Å²) >= 11 is 0. The molecular weight excluding hydrogens is 383 g/mol. The van der Waals surface area contributed by atoms with Gasteiger partial charge in [-0.3, -0.25) is 4.79 Å². The lowest BCUT2D eigenvalue weighted by molar-refractivity contribution is -0.274. The van der Waals surface area contributed by atoms with Crippen LogP contribution in [0.4, 0.5) is 24.7 Å². The number of nitrogens with zero attached hydrogens (tertiary/aromatic N) is 1. The van der Waals surface area contributed by atoms with E-state index in [4.69, 9.17) is 0 Å². The highest BCUT2D eigenvalue weighted by molar-refractivity contribution is 5.99. The van der Waals surface area contributed by atoms with Gasteiger partial charge in [-0.15, -0.1) is 13.2 Å². The maximum atomic E-state index is 12.5. The Labute approximate surface area is 165 Å². The van der Waals surface area contributed by atoms with Crippen LogP contribution >= 0.6 is 0 Å². The van der Waals surface area contributed by atoms with E-state index < -0.39 is 6.36 Å². The Bertz CT molecular complexity index is 945. The number of ether oxygens (including phenoxy) is 1. The van der Waals surface area contributed by atoms with Gasteiger partial charge in [-0.05, 0) is 48.4 Å². The molecule has 0 saturated carbocycles. The molecule has 0 aliphatic carbocycles. The van der Waals surface area contributed by atoms with Crippen molar-refractivity contribution in [2.45, 2.75) is 12.8 Å². The summed E-state index contributed by atoms with van der Waals surface area (Å²) < 4.78 is 40.6. The van der Waals surface area contributed by atoms with Gasteiger partial charge in [-0.25, -0.2) is 4.98 Å². The number of alkyl halides is 3. The highest BCUT2D eigenvalue weighted by Crippen LogP contribution is 2.25. The highest BCUT2D eigenvalue weighted by atomic mass is 19.4. The normalized spacial score (nSPS) is 11.0. The van der Waals surface area contributed by atoms with E-state index in [1.807, 2.05) is 30.3 Å². The molecule has 2 N–H and O–H groups in total. The Morgan fingerprint density at radius 1 is 0.966 bits per heavy atom. The van der Waals surface area contributed by atoms with Crippen LogP contribution in [-0.4, -0.2) is 23.8 Å². The third-order valence-electron chi connectivity index (χ3n) is 3.95. The first kappa shape index (κ1) is 20.2. The molecule has 3 aromatic rings. The van der Waals surface area contributed by atoms with Gasteiger partial charge < -0.3 is 15.4 Å². The molecule has 3 rings (SSSR count). The molecule has 8 heteroatoms. The third-order valence-corrected chi connectivity index (χ3v) is 3.95. The van der Waals surface area contributed by atoms with Crippen molar-refractivity contribution in [1.29, 1.82) is 0 Å². The summed E-state index contributed by atoms with van der Waals surface area (Å²) in [6, 6.07) is 18.2. The SMILES string of the molecule is O=C(NCCc1ccccc1)c1cccnc1Nc1ccc(OC(F)(F)F)cc1. The van der Waals surface area contributed by atoms with Gasteiger partial charge in [-0.2, -0.15) is 0 Å². The summed E-state index contributed by atoms with van der Waals surface area (Å²) in [5.41, 5.74) is 1.91. The number of hydrogen-bond donors (Lipinski definition) is 2. The predicted molar refractivity (Wildman–Crippen MR) is 103 cm³/mol. The molecule has 2 aromatic carbocycles. The van der Waals surface area contributed by atoms with Crippen LogP contribution < -0.4 is 15.4 Å². The van der Waals surface area contributed by atoms with Crippen LogP contribution in [0.2, 0.25) is 0 Å². The molecule has 0 radical (unpaired) electrons. The van der Waals surface area contributed by atoms with Crippen molar-refractivity contribution in [3.05, 3.63) is 84.1 Å². The van der Waals surface area contributed by atoms with Gasteiger partial charge in [0.2, 0.25) is 0 Å². The zero-order valence-electron chi connectivity index (χ0n) is 15.2. The van der Waals surface area contributed by atoms with Crippen molar-refractivity contribution in [2.24, 2.45) is 0 Å². The van der Waals surface area contributed by atoms with Crippen molar-refractivity contribution in [3.63, 3.8) is 0 Å². The molecule has 0 bridgehead atoms. The standard InChI is InChI=1S/C21H18F3N3O2/c22-21(23,24)29-17-10-8-16(9-11-17)27-19-18(7-4-13-25-19)20(28)26-14-12-15-5-2-1-3-6-15/h1-11,13H,12,14H2,(H,25,27)(H,26,28). The highest BCUT2D eigenvalue weighted by Gasteiger charge is 2.30. The maximum absolute atomic E-state index is 12.5. The fraction of sp³-hybridized carbons (Fsp3) is 0.143. The zero-order valence-corrected chi connectivity index (χ0v) is 15.2. The second-order valence-electron chi connectivity index (χ2n) is 6.09. The molecular formula is C21H18F3N3O2. The van der Waals surface area contributed by atoms with Crippen LogP contribution in [0.5, 0.6) is 5.75 Å². The summed E-state index contributed by atoms with van der Waals surface area (Å²) in [4.78, 5) is 16.7. The number of aromatic nitrogens is 1. The number of carbonyl (C=O) groups excluding carboxylic acids is 1. The van der Waals surface area contributed by atoms with Crippen LogP contribution in [0.25, 0.3) is 0 Å². The molecule has 29 heavy (non-hydrogen) atoms. The molecule has 1 aromatic heterocycles. The molecule has 150 valence electrons. The van der Waals surface area contributed by atoms with E-state index in [-0.39, 0.29) is 11.7 Å². The Morgan fingerprint density at radius 2 is 1.69 bits per heavy atom. The van der Waals surface area contributed by atoms with Crippen molar-refractivity contribution in [2.75, 3.05) is 11.9 Å². The number of carbonyl (C=O) groups is 1. The largest absolute Gasteiger partial charge is 0.573 e. The monoisotopic (exact) mass is 401 g/mol. The summed E-state index contributed by atoms with van der Waals surface area (Å²) in [7, 11) is 0.